The quantitative estimate of drug-likeness (QED) is 0.108. The predicted molar refractivity (Wildman–Crippen MR) is 629 cm³/mol. The first-order valence-corrected chi connectivity index (χ1v) is 51.1. The summed E-state index contributed by atoms with van der Waals surface area (Å²) in [6, 6.07) is 194. The summed E-state index contributed by atoms with van der Waals surface area (Å²) in [7, 11) is 0. The van der Waals surface area contributed by atoms with Gasteiger partial charge in [0, 0.05) is 59.8 Å². The molecule has 0 aliphatic rings. The molecular formula is C145H92O4. The molecule has 0 spiro atoms. The predicted octanol–water partition coefficient (Wildman–Crippen LogP) is 41.6. The van der Waals surface area contributed by atoms with E-state index >= 15 is 0 Å². The Morgan fingerprint density at radius 1 is 0.101 bits per heavy atom. The molecule has 0 fully saturated rings. The molecule has 4 nitrogen and oxygen atoms in total. The third-order valence-corrected chi connectivity index (χ3v) is 30.4. The maximum Gasteiger partial charge on any atom is 0.136 e. The van der Waals surface area contributed by atoms with Gasteiger partial charge in [-0.1, -0.05) is 473 Å². The third-order valence-electron chi connectivity index (χ3n) is 30.4. The number of benzene rings is 26. The number of rotatable bonds is 13. The molecular weight excluding hydrogens is 1810 g/mol. The van der Waals surface area contributed by atoms with Crippen molar-refractivity contribution in [2.24, 2.45) is 0 Å². The fourth-order valence-corrected chi connectivity index (χ4v) is 24.0. The van der Waals surface area contributed by atoms with Crippen molar-refractivity contribution in [3.05, 3.63) is 545 Å². The Kier molecular flexibility index (Phi) is 21.5. The van der Waals surface area contributed by atoms with E-state index in [0.717, 1.165) is 116 Å². The summed E-state index contributed by atoms with van der Waals surface area (Å²) in [6.45, 7) is 2.19. The Morgan fingerprint density at radius 2 is 0.289 bits per heavy atom. The van der Waals surface area contributed by atoms with E-state index in [4.69, 9.17) is 17.7 Å². The Balaban J connectivity index is 0.000000108. The topological polar surface area (TPSA) is 52.6 Å². The van der Waals surface area contributed by atoms with Crippen molar-refractivity contribution >= 4 is 152 Å². The van der Waals surface area contributed by atoms with E-state index in [0.29, 0.717) is 0 Å². The molecule has 0 bridgehead atoms. The Labute approximate surface area is 860 Å². The highest BCUT2D eigenvalue weighted by Gasteiger charge is 2.28. The summed E-state index contributed by atoms with van der Waals surface area (Å²) in [6.07, 6.45) is 0. The van der Waals surface area contributed by atoms with Crippen molar-refractivity contribution in [3.8, 4) is 145 Å². The van der Waals surface area contributed by atoms with Crippen LogP contribution >= 0.6 is 0 Å². The van der Waals surface area contributed by atoms with Gasteiger partial charge in [0.25, 0.3) is 0 Å². The monoisotopic (exact) mass is 1900 g/mol. The van der Waals surface area contributed by atoms with Gasteiger partial charge in [0.05, 0.1) is 0 Å². The molecule has 0 amide bonds. The number of hydrogen-bond donors (Lipinski definition) is 0. The van der Waals surface area contributed by atoms with E-state index in [1.54, 1.807) is 0 Å². The molecule has 4 heteroatoms. The second-order valence-corrected chi connectivity index (χ2v) is 38.7. The fraction of sp³-hybridized carbons (Fsp3) is 0.00690. The van der Waals surface area contributed by atoms with Gasteiger partial charge in [-0.2, -0.15) is 0 Å². The summed E-state index contributed by atoms with van der Waals surface area (Å²) in [5.41, 5.74) is 39.8. The van der Waals surface area contributed by atoms with Crippen LogP contribution in [0.25, 0.3) is 297 Å². The first-order valence-electron chi connectivity index (χ1n) is 51.1. The lowest BCUT2D eigenvalue weighted by atomic mass is 9.84. The average Bonchev–Trinajstić information content (AvgIpc) is 1.59. The number of aryl methyl sites for hydroxylation is 1. The lowest BCUT2D eigenvalue weighted by molar-refractivity contribution is 0.668. The van der Waals surface area contributed by atoms with Crippen LogP contribution in [0.3, 0.4) is 0 Å². The first-order chi connectivity index (χ1) is 73.9. The zero-order valence-electron chi connectivity index (χ0n) is 81.5. The standard InChI is InChI=1S/C50H30O2.C50H32O.C45H30O/c1-2-13-31(14-3-1)46-34-15-4-6-17-36(34)47(37-18-7-5-16-35(37)46)32-25-27-33(28-26-32)48-39(29-30-45-50(48)41-20-9-11-23-43(41)52-45)38-21-12-24-44-49(38)40-19-8-10-22-42(40)51-44;1-3-15-33(16-4-1)37-19-7-8-20-38(37)43-31-32-46-50(44-25-13-14-26-45(44)51-46)49(43)36-29-27-35(28-30-36)48-41-23-11-9-21-39(41)47(34-17-5-2-6-18-34)40-22-10-12-24-42(40)48;1-29-13-5-6-16-33(29)38-27-28-41-45(39-21-11-12-22-40(39)46-41)44(38)32-25-23-31(24-26-32)43-36-19-9-7-17-34(36)42(30-14-3-2-4-15-30)35-18-8-10-20-37(35)43/h1-30H;1-32H;2-28H,1H3. The van der Waals surface area contributed by atoms with Crippen LogP contribution in [0.15, 0.2) is 558 Å². The van der Waals surface area contributed by atoms with Crippen molar-refractivity contribution in [2.45, 2.75) is 6.92 Å². The molecule has 0 saturated carbocycles. The second-order valence-electron chi connectivity index (χ2n) is 38.7. The lowest BCUT2D eigenvalue weighted by Crippen LogP contribution is -1.92. The molecule has 0 aliphatic carbocycles. The molecule has 0 atom stereocenters. The summed E-state index contributed by atoms with van der Waals surface area (Å²) in [5, 5.41) is 24.1. The minimum atomic E-state index is 0.877. The van der Waals surface area contributed by atoms with E-state index in [-0.39, 0.29) is 0 Å². The average molecular weight is 1900 g/mol. The van der Waals surface area contributed by atoms with Crippen LogP contribution in [0.2, 0.25) is 0 Å². The van der Waals surface area contributed by atoms with E-state index in [1.807, 2.05) is 30.3 Å². The van der Waals surface area contributed by atoms with Gasteiger partial charge in [-0.25, -0.2) is 0 Å². The highest BCUT2D eigenvalue weighted by atomic mass is 16.3. The van der Waals surface area contributed by atoms with Gasteiger partial charge in [0.2, 0.25) is 0 Å². The summed E-state index contributed by atoms with van der Waals surface area (Å²) < 4.78 is 25.7. The van der Waals surface area contributed by atoms with Crippen LogP contribution in [-0.2, 0) is 0 Å². The molecule has 149 heavy (non-hydrogen) atoms. The normalized spacial score (nSPS) is 11.7. The fourth-order valence-electron chi connectivity index (χ4n) is 24.0. The molecule has 26 aromatic carbocycles. The molecule has 696 valence electrons. The first kappa shape index (κ1) is 87.3. The van der Waals surface area contributed by atoms with Gasteiger partial charge in [-0.05, 0) is 272 Å². The highest BCUT2D eigenvalue weighted by Crippen LogP contribution is 2.55. The zero-order chi connectivity index (χ0) is 98.5. The lowest BCUT2D eigenvalue weighted by Gasteiger charge is -2.18. The van der Waals surface area contributed by atoms with Gasteiger partial charge in [-0.15, -0.1) is 0 Å². The number of furan rings is 4. The third kappa shape index (κ3) is 14.9. The Morgan fingerprint density at radius 3 is 0.577 bits per heavy atom. The van der Waals surface area contributed by atoms with Crippen molar-refractivity contribution < 1.29 is 17.7 Å². The second kappa shape index (κ2) is 36.7. The van der Waals surface area contributed by atoms with Crippen molar-refractivity contribution in [1.82, 2.24) is 0 Å². The summed E-state index contributed by atoms with van der Waals surface area (Å²) >= 11 is 0. The van der Waals surface area contributed by atoms with Crippen LogP contribution in [0, 0.1) is 6.92 Å². The van der Waals surface area contributed by atoms with E-state index in [9.17, 15) is 0 Å². The molecule has 30 rings (SSSR count). The van der Waals surface area contributed by atoms with Gasteiger partial charge < -0.3 is 17.7 Å². The highest BCUT2D eigenvalue weighted by molar-refractivity contribution is 6.27. The van der Waals surface area contributed by atoms with Crippen LogP contribution in [0.4, 0.5) is 0 Å². The van der Waals surface area contributed by atoms with Gasteiger partial charge in [-0.3, -0.25) is 0 Å². The molecule has 0 N–H and O–H groups in total. The van der Waals surface area contributed by atoms with Crippen LogP contribution < -0.4 is 0 Å². The van der Waals surface area contributed by atoms with Gasteiger partial charge in [0.15, 0.2) is 0 Å². The smallest absolute Gasteiger partial charge is 0.136 e. The van der Waals surface area contributed by atoms with Crippen LogP contribution in [-0.4, -0.2) is 0 Å². The SMILES string of the molecule is Cc1ccccc1-c1ccc2oc3ccccc3c2c1-c1ccc(-c2c3ccccc3c(-c3ccccc3)c3ccccc23)cc1.c1ccc(-c2c3ccccc3c(-c3ccc(-c4c(-c5cccc6oc7ccccc7c56)ccc5oc6ccccc6c45)cc3)c3ccccc23)cc1.c1ccc(-c2ccccc2-c2ccc3oc4ccccc4c3c2-c2ccc(-c3c4ccccc4c(-c4ccccc4)c4ccccc34)cc2)cc1. The molecule has 0 unspecified atom stereocenters. The van der Waals surface area contributed by atoms with E-state index in [2.05, 4.69) is 516 Å². The maximum absolute atomic E-state index is 6.47. The Hall–Kier alpha value is -19.5. The molecule has 0 radical (unpaired) electrons. The Bertz CT molecular complexity index is 10300. The van der Waals surface area contributed by atoms with Crippen molar-refractivity contribution in [3.63, 3.8) is 0 Å². The molecule has 4 aromatic heterocycles. The molecule has 0 aliphatic heterocycles. The molecule has 4 heterocycles. The van der Waals surface area contributed by atoms with Crippen LogP contribution in [0.1, 0.15) is 5.56 Å². The minimum absolute atomic E-state index is 0.877. The van der Waals surface area contributed by atoms with Gasteiger partial charge >= 0.3 is 0 Å². The number of hydrogen-bond acceptors (Lipinski definition) is 4. The maximum atomic E-state index is 6.47. The molecule has 30 aromatic rings. The minimum Gasteiger partial charge on any atom is -0.456 e. The van der Waals surface area contributed by atoms with E-state index in [1.165, 1.54) is 187 Å². The number of fused-ring (bicyclic) bond motifs is 18. The van der Waals surface area contributed by atoms with E-state index < -0.39 is 0 Å². The largest absolute Gasteiger partial charge is 0.456 e. The van der Waals surface area contributed by atoms with Crippen molar-refractivity contribution in [1.29, 1.82) is 0 Å². The summed E-state index contributed by atoms with van der Waals surface area (Å²) in [4.78, 5) is 0. The van der Waals surface area contributed by atoms with Gasteiger partial charge in [0.1, 0.15) is 44.7 Å². The number of para-hydroxylation sites is 4. The van der Waals surface area contributed by atoms with Crippen molar-refractivity contribution in [2.75, 3.05) is 0 Å². The zero-order valence-corrected chi connectivity index (χ0v) is 81.5. The molecule has 0 saturated heterocycles. The van der Waals surface area contributed by atoms with Crippen LogP contribution in [0.5, 0.6) is 0 Å². The summed E-state index contributed by atoms with van der Waals surface area (Å²) in [5.74, 6) is 0.